The van der Waals surface area contributed by atoms with Gasteiger partial charge < -0.3 is 22.1 Å². The number of hydrogen-bond donors (Lipinski definition) is 4. The smallest absolute Gasteiger partial charge is 0.312 e. The third kappa shape index (κ3) is 2.97. The topological polar surface area (TPSA) is 123 Å². The number of urea groups is 1. The summed E-state index contributed by atoms with van der Waals surface area (Å²) in [6, 6.07) is 3.08. The van der Waals surface area contributed by atoms with Gasteiger partial charge in [0.1, 0.15) is 9.71 Å². The van der Waals surface area contributed by atoms with Crippen molar-refractivity contribution in [3.63, 3.8) is 0 Å². The van der Waals surface area contributed by atoms with Crippen molar-refractivity contribution in [3.8, 4) is 0 Å². The number of aryl methyl sites for hydroxylation is 1. The number of primary amides is 1. The van der Waals surface area contributed by atoms with Crippen LogP contribution in [0, 0.1) is 6.92 Å². The molecule has 0 saturated heterocycles. The maximum atomic E-state index is 12.0. The number of nitrogen functional groups attached to an aromatic ring is 1. The molecule has 0 fully saturated rings. The monoisotopic (exact) mass is 293 g/mol. The average molecular weight is 293 g/mol. The second kappa shape index (κ2) is 5.74. The van der Waals surface area contributed by atoms with Crippen molar-refractivity contribution >= 4 is 39.2 Å². The molecule has 0 unspecified atom stereocenters. The number of carbonyl (C=O) groups is 2. The van der Waals surface area contributed by atoms with Crippen molar-refractivity contribution in [1.29, 1.82) is 0 Å². The van der Waals surface area contributed by atoms with Crippen molar-refractivity contribution < 1.29 is 9.59 Å². The highest BCUT2D eigenvalue weighted by Gasteiger charge is 2.16. The van der Waals surface area contributed by atoms with Crippen molar-refractivity contribution in [1.82, 2.24) is 15.6 Å². The molecule has 0 atom stereocenters. The van der Waals surface area contributed by atoms with Crippen LogP contribution in [0.4, 0.5) is 10.5 Å². The molecule has 7 nitrogen and oxygen atoms in total. The number of nitrogens with two attached hydrogens (primary N) is 2. The normalized spacial score (nSPS) is 10.4. The lowest BCUT2D eigenvalue weighted by Gasteiger charge is -2.04. The second-order valence-corrected chi connectivity index (χ2v) is 5.20. The molecule has 0 aliphatic carbocycles. The van der Waals surface area contributed by atoms with Crippen molar-refractivity contribution in [3.05, 3.63) is 22.7 Å². The van der Waals surface area contributed by atoms with E-state index in [1.165, 1.54) is 11.3 Å². The second-order valence-electron chi connectivity index (χ2n) is 4.20. The van der Waals surface area contributed by atoms with Gasteiger partial charge in [0, 0.05) is 24.2 Å². The largest absolute Gasteiger partial charge is 0.397 e. The number of rotatable bonds is 4. The van der Waals surface area contributed by atoms with E-state index in [0.29, 0.717) is 10.6 Å². The molecular formula is C12H15N5O2S. The standard InChI is InChI=1S/C12H15N5O2S/c1-6-2-3-7-8(13)9(20-11(7)17-6)10(18)15-4-5-16-12(14)19/h2-3H,4-5,13H2,1H3,(H,15,18)(H3,14,16,19). The van der Waals surface area contributed by atoms with Gasteiger partial charge in [0.05, 0.1) is 5.69 Å². The lowest BCUT2D eigenvalue weighted by molar-refractivity contribution is 0.0959. The predicted octanol–water partition coefficient (Wildman–Crippen LogP) is 0.585. The SMILES string of the molecule is Cc1ccc2c(N)c(C(=O)NCCNC(N)=O)sc2n1. The highest BCUT2D eigenvalue weighted by Crippen LogP contribution is 2.32. The van der Waals surface area contributed by atoms with Crippen LogP contribution in [0.5, 0.6) is 0 Å². The summed E-state index contributed by atoms with van der Waals surface area (Å²) in [4.78, 5) is 28.0. The van der Waals surface area contributed by atoms with Crippen molar-refractivity contribution in [2.24, 2.45) is 5.73 Å². The van der Waals surface area contributed by atoms with E-state index in [1.54, 1.807) is 0 Å². The van der Waals surface area contributed by atoms with Gasteiger partial charge in [-0.05, 0) is 19.1 Å². The molecule has 0 radical (unpaired) electrons. The Kier molecular flexibility index (Phi) is 4.04. The van der Waals surface area contributed by atoms with Gasteiger partial charge >= 0.3 is 6.03 Å². The summed E-state index contributed by atoms with van der Waals surface area (Å²) in [6.07, 6.45) is 0. The number of aromatic nitrogens is 1. The third-order valence-corrected chi connectivity index (χ3v) is 3.76. The van der Waals surface area contributed by atoms with Crippen LogP contribution >= 0.6 is 11.3 Å². The number of thiophene rings is 1. The molecule has 0 aromatic carbocycles. The molecule has 0 bridgehead atoms. The summed E-state index contributed by atoms with van der Waals surface area (Å²) in [5.74, 6) is -0.283. The van der Waals surface area contributed by atoms with Crippen LogP contribution in [0.25, 0.3) is 10.2 Å². The first-order chi connectivity index (χ1) is 9.49. The van der Waals surface area contributed by atoms with Gasteiger partial charge in [-0.2, -0.15) is 0 Å². The van der Waals surface area contributed by atoms with Gasteiger partial charge in [-0.1, -0.05) is 0 Å². The van der Waals surface area contributed by atoms with Crippen LogP contribution in [0.1, 0.15) is 15.4 Å². The van der Waals surface area contributed by atoms with Crippen LogP contribution in [0.3, 0.4) is 0 Å². The van der Waals surface area contributed by atoms with Gasteiger partial charge in [0.15, 0.2) is 0 Å². The highest BCUT2D eigenvalue weighted by molar-refractivity contribution is 7.21. The van der Waals surface area contributed by atoms with E-state index in [2.05, 4.69) is 15.6 Å². The molecule has 2 rings (SSSR count). The van der Waals surface area contributed by atoms with Gasteiger partial charge in [0.2, 0.25) is 0 Å². The first kappa shape index (κ1) is 14.1. The Hall–Kier alpha value is -2.35. The molecule has 20 heavy (non-hydrogen) atoms. The summed E-state index contributed by atoms with van der Waals surface area (Å²) in [6.45, 7) is 2.43. The van der Waals surface area contributed by atoms with E-state index in [1.807, 2.05) is 19.1 Å². The van der Waals surface area contributed by atoms with Gasteiger partial charge in [-0.3, -0.25) is 4.79 Å². The fraction of sp³-hybridized carbons (Fsp3) is 0.250. The van der Waals surface area contributed by atoms with E-state index in [0.717, 1.165) is 15.9 Å². The third-order valence-electron chi connectivity index (χ3n) is 2.65. The van der Waals surface area contributed by atoms with Crippen molar-refractivity contribution in [2.75, 3.05) is 18.8 Å². The summed E-state index contributed by atoms with van der Waals surface area (Å²) in [7, 11) is 0. The summed E-state index contributed by atoms with van der Waals surface area (Å²) >= 11 is 1.25. The Morgan fingerprint density at radius 1 is 1.30 bits per heavy atom. The number of amides is 3. The molecular weight excluding hydrogens is 278 g/mol. The fourth-order valence-corrected chi connectivity index (χ4v) is 2.76. The molecule has 6 N–H and O–H groups in total. The van der Waals surface area contributed by atoms with E-state index in [9.17, 15) is 9.59 Å². The summed E-state index contributed by atoms with van der Waals surface area (Å²) < 4.78 is 0. The molecule has 106 valence electrons. The highest BCUT2D eigenvalue weighted by atomic mass is 32.1. The minimum Gasteiger partial charge on any atom is -0.397 e. The zero-order valence-corrected chi connectivity index (χ0v) is 11.7. The number of anilines is 1. The Morgan fingerprint density at radius 2 is 2.00 bits per heavy atom. The van der Waals surface area contributed by atoms with Gasteiger partial charge in [-0.15, -0.1) is 11.3 Å². The van der Waals surface area contributed by atoms with E-state index >= 15 is 0 Å². The number of carbonyl (C=O) groups excluding carboxylic acids is 2. The lowest BCUT2D eigenvalue weighted by Crippen LogP contribution is -2.37. The Labute approximate surface area is 119 Å². The van der Waals surface area contributed by atoms with E-state index in [4.69, 9.17) is 11.5 Å². The van der Waals surface area contributed by atoms with Gasteiger partial charge in [-0.25, -0.2) is 9.78 Å². The molecule has 0 aliphatic heterocycles. The predicted molar refractivity (Wildman–Crippen MR) is 78.7 cm³/mol. The quantitative estimate of drug-likeness (QED) is 0.616. The molecule has 2 aromatic rings. The first-order valence-corrected chi connectivity index (χ1v) is 6.78. The number of nitrogens with zero attached hydrogens (tertiary/aromatic N) is 1. The molecule has 3 amide bonds. The Balaban J connectivity index is 2.10. The molecule has 2 aromatic heterocycles. The number of nitrogens with one attached hydrogen (secondary N) is 2. The zero-order chi connectivity index (χ0) is 14.7. The Morgan fingerprint density at radius 3 is 2.70 bits per heavy atom. The molecule has 0 aliphatic rings. The first-order valence-electron chi connectivity index (χ1n) is 5.96. The fourth-order valence-electron chi connectivity index (χ4n) is 1.70. The van der Waals surface area contributed by atoms with Gasteiger partial charge in [0.25, 0.3) is 5.91 Å². The van der Waals surface area contributed by atoms with Crippen LogP contribution in [-0.2, 0) is 0 Å². The van der Waals surface area contributed by atoms with E-state index in [-0.39, 0.29) is 19.0 Å². The molecule has 2 heterocycles. The minimum atomic E-state index is -0.625. The maximum absolute atomic E-state index is 12.0. The summed E-state index contributed by atoms with van der Waals surface area (Å²) in [5, 5.41) is 5.83. The molecule has 0 saturated carbocycles. The van der Waals surface area contributed by atoms with E-state index < -0.39 is 6.03 Å². The van der Waals surface area contributed by atoms with Crippen molar-refractivity contribution in [2.45, 2.75) is 6.92 Å². The Bertz CT molecular complexity index is 667. The average Bonchev–Trinajstić information content (AvgIpc) is 2.71. The maximum Gasteiger partial charge on any atom is 0.312 e. The lowest BCUT2D eigenvalue weighted by atomic mass is 10.2. The minimum absolute atomic E-state index is 0.267. The number of hydrogen-bond acceptors (Lipinski definition) is 5. The zero-order valence-electron chi connectivity index (χ0n) is 10.9. The summed E-state index contributed by atoms with van der Waals surface area (Å²) in [5.41, 5.74) is 12.2. The number of pyridine rings is 1. The van der Waals surface area contributed by atoms with Crippen LogP contribution in [0.15, 0.2) is 12.1 Å². The number of fused-ring (bicyclic) bond motifs is 1. The van der Waals surface area contributed by atoms with Crippen LogP contribution < -0.4 is 22.1 Å². The van der Waals surface area contributed by atoms with Crippen LogP contribution in [0.2, 0.25) is 0 Å². The van der Waals surface area contributed by atoms with Crippen LogP contribution in [-0.4, -0.2) is 30.0 Å². The molecule has 8 heteroatoms. The molecule has 0 spiro atoms.